The van der Waals surface area contributed by atoms with Crippen molar-refractivity contribution >= 4 is 30.1 Å². The third kappa shape index (κ3) is 3.57. The molecule has 25 heavy (non-hydrogen) atoms. The van der Waals surface area contributed by atoms with Gasteiger partial charge in [0.2, 0.25) is 0 Å². The number of benzene rings is 1. The lowest BCUT2D eigenvalue weighted by molar-refractivity contribution is 0.00578. The molecule has 0 spiro atoms. The van der Waals surface area contributed by atoms with Crippen molar-refractivity contribution in [2.75, 3.05) is 13.1 Å². The number of carbonyl (C=O) groups is 1. The monoisotopic (exact) mass is 367 g/mol. The van der Waals surface area contributed by atoms with Crippen molar-refractivity contribution in [2.24, 2.45) is 0 Å². The van der Waals surface area contributed by atoms with Crippen LogP contribution in [0.4, 0.5) is 4.39 Å². The SMILES string of the molecule is CC1(C)OB(c2ccc(C(=O)N3CCCC(F)C3)c(Cl)c2)OC1(C)C. The standard InChI is InChI=1S/C18H24BClFNO3/c1-17(2)18(3,4)25-19(24-17)12-7-8-14(15(20)10-12)16(23)22-9-5-6-13(21)11-22/h7-8,10,13H,5-6,9,11H2,1-4H3. The molecule has 0 N–H and O–H groups in total. The Labute approximate surface area is 153 Å². The number of hydrogen-bond donors (Lipinski definition) is 0. The van der Waals surface area contributed by atoms with Gasteiger partial charge in [0.1, 0.15) is 6.17 Å². The minimum atomic E-state index is -0.958. The number of nitrogens with zero attached hydrogens (tertiary/aromatic N) is 1. The summed E-state index contributed by atoms with van der Waals surface area (Å²) < 4.78 is 25.6. The molecule has 7 heteroatoms. The van der Waals surface area contributed by atoms with E-state index in [1.165, 1.54) is 4.90 Å². The normalized spacial score (nSPS) is 25.3. The summed E-state index contributed by atoms with van der Waals surface area (Å²) in [5.74, 6) is -0.229. The number of carbonyl (C=O) groups excluding carboxylic acids is 1. The van der Waals surface area contributed by atoms with Gasteiger partial charge >= 0.3 is 7.12 Å². The second-order valence-corrected chi connectivity index (χ2v) is 8.23. The molecule has 1 unspecified atom stereocenters. The highest BCUT2D eigenvalue weighted by atomic mass is 35.5. The molecule has 3 rings (SSSR count). The first kappa shape index (κ1) is 18.7. The van der Waals surface area contributed by atoms with Gasteiger partial charge in [0.05, 0.1) is 28.3 Å². The molecule has 1 atom stereocenters. The van der Waals surface area contributed by atoms with E-state index in [2.05, 4.69) is 0 Å². The molecule has 136 valence electrons. The number of likely N-dealkylation sites (tertiary alicyclic amines) is 1. The topological polar surface area (TPSA) is 38.8 Å². The molecule has 0 aromatic heterocycles. The Bertz CT molecular complexity index is 666. The van der Waals surface area contributed by atoms with Crippen molar-refractivity contribution in [3.63, 3.8) is 0 Å². The van der Waals surface area contributed by atoms with Gasteiger partial charge in [-0.05, 0) is 58.1 Å². The summed E-state index contributed by atoms with van der Waals surface area (Å²) in [5, 5.41) is 0.332. The Morgan fingerprint density at radius 1 is 1.28 bits per heavy atom. The lowest BCUT2D eigenvalue weighted by Gasteiger charge is -2.32. The molecule has 1 aromatic carbocycles. The third-order valence-electron chi connectivity index (χ3n) is 5.40. The van der Waals surface area contributed by atoms with E-state index in [-0.39, 0.29) is 12.5 Å². The molecule has 0 radical (unpaired) electrons. The molecule has 0 saturated carbocycles. The fourth-order valence-corrected chi connectivity index (χ4v) is 3.38. The minimum Gasteiger partial charge on any atom is -0.399 e. The van der Waals surface area contributed by atoms with Crippen LogP contribution in [0.1, 0.15) is 50.9 Å². The first-order valence-electron chi connectivity index (χ1n) is 8.69. The quantitative estimate of drug-likeness (QED) is 0.754. The van der Waals surface area contributed by atoms with Crippen LogP contribution in [0.3, 0.4) is 0 Å². The maximum Gasteiger partial charge on any atom is 0.494 e. The number of halogens is 2. The molecule has 2 fully saturated rings. The van der Waals surface area contributed by atoms with Gasteiger partial charge in [0.25, 0.3) is 5.91 Å². The first-order valence-corrected chi connectivity index (χ1v) is 9.07. The van der Waals surface area contributed by atoms with E-state index in [0.29, 0.717) is 30.0 Å². The molecule has 0 bridgehead atoms. The maximum atomic E-state index is 13.6. The molecule has 1 amide bonds. The van der Waals surface area contributed by atoms with Gasteiger partial charge < -0.3 is 14.2 Å². The largest absolute Gasteiger partial charge is 0.494 e. The van der Waals surface area contributed by atoms with Crippen LogP contribution in [0, 0.1) is 0 Å². The Morgan fingerprint density at radius 2 is 1.92 bits per heavy atom. The fraction of sp³-hybridized carbons (Fsp3) is 0.611. The second-order valence-electron chi connectivity index (χ2n) is 7.82. The molecule has 2 aliphatic heterocycles. The lowest BCUT2D eigenvalue weighted by atomic mass is 9.79. The Kier molecular flexibility index (Phi) is 4.90. The zero-order valence-electron chi connectivity index (χ0n) is 15.1. The van der Waals surface area contributed by atoms with Crippen LogP contribution in [0.2, 0.25) is 5.02 Å². The van der Waals surface area contributed by atoms with Crippen LogP contribution in [-0.2, 0) is 9.31 Å². The predicted molar refractivity (Wildman–Crippen MR) is 97.2 cm³/mol. The summed E-state index contributed by atoms with van der Waals surface area (Å²) in [6, 6.07) is 5.17. The predicted octanol–water partition coefficient (Wildman–Crippen LogP) is 3.21. The minimum absolute atomic E-state index is 0.133. The van der Waals surface area contributed by atoms with Crippen LogP contribution in [0.25, 0.3) is 0 Å². The van der Waals surface area contributed by atoms with Gasteiger partial charge in [-0.1, -0.05) is 17.7 Å². The van der Waals surface area contributed by atoms with E-state index in [4.69, 9.17) is 20.9 Å². The van der Waals surface area contributed by atoms with E-state index in [1.54, 1.807) is 18.2 Å². The zero-order chi connectivity index (χ0) is 18.4. The summed E-state index contributed by atoms with van der Waals surface area (Å²) >= 11 is 6.35. The number of rotatable bonds is 2. The maximum absolute atomic E-state index is 13.6. The van der Waals surface area contributed by atoms with Crippen molar-refractivity contribution in [3.8, 4) is 0 Å². The highest BCUT2D eigenvalue weighted by Gasteiger charge is 2.51. The van der Waals surface area contributed by atoms with Crippen LogP contribution >= 0.6 is 11.6 Å². The van der Waals surface area contributed by atoms with Crippen molar-refractivity contribution in [3.05, 3.63) is 28.8 Å². The third-order valence-corrected chi connectivity index (χ3v) is 5.71. The molecule has 2 aliphatic rings. The Hall–Kier alpha value is -1.11. The average Bonchev–Trinajstić information content (AvgIpc) is 2.75. The van der Waals surface area contributed by atoms with E-state index in [9.17, 15) is 9.18 Å². The highest BCUT2D eigenvalue weighted by molar-refractivity contribution is 6.62. The summed E-state index contributed by atoms with van der Waals surface area (Å²) in [6.07, 6.45) is 0.232. The second kappa shape index (κ2) is 6.56. The molecular weight excluding hydrogens is 343 g/mol. The van der Waals surface area contributed by atoms with Crippen LogP contribution in [-0.4, -0.2) is 48.4 Å². The van der Waals surface area contributed by atoms with Crippen molar-refractivity contribution < 1.29 is 18.5 Å². The van der Waals surface area contributed by atoms with Gasteiger partial charge in [-0.15, -0.1) is 0 Å². The van der Waals surface area contributed by atoms with Crippen molar-refractivity contribution in [1.29, 1.82) is 0 Å². The number of alkyl halides is 1. The van der Waals surface area contributed by atoms with Crippen molar-refractivity contribution in [1.82, 2.24) is 4.90 Å². The van der Waals surface area contributed by atoms with Gasteiger partial charge in [-0.25, -0.2) is 4.39 Å². The summed E-state index contributed by atoms with van der Waals surface area (Å²) in [7, 11) is -0.531. The van der Waals surface area contributed by atoms with E-state index >= 15 is 0 Å². The highest BCUT2D eigenvalue weighted by Crippen LogP contribution is 2.36. The summed E-state index contributed by atoms with van der Waals surface area (Å²) in [6.45, 7) is 8.63. The molecule has 2 saturated heterocycles. The van der Waals surface area contributed by atoms with Crippen LogP contribution in [0.5, 0.6) is 0 Å². The number of amides is 1. The van der Waals surface area contributed by atoms with Crippen LogP contribution < -0.4 is 5.46 Å². The average molecular weight is 368 g/mol. The van der Waals surface area contributed by atoms with Gasteiger partial charge in [-0.2, -0.15) is 0 Å². The summed E-state index contributed by atoms with van der Waals surface area (Å²) in [4.78, 5) is 14.1. The van der Waals surface area contributed by atoms with Gasteiger partial charge in [0.15, 0.2) is 0 Å². The first-order chi connectivity index (χ1) is 11.6. The lowest BCUT2D eigenvalue weighted by Crippen LogP contribution is -2.41. The zero-order valence-corrected chi connectivity index (χ0v) is 15.9. The number of hydrogen-bond acceptors (Lipinski definition) is 3. The van der Waals surface area contributed by atoms with E-state index < -0.39 is 24.5 Å². The smallest absolute Gasteiger partial charge is 0.399 e. The Balaban J connectivity index is 1.79. The molecular formula is C18H24BClFNO3. The molecule has 2 heterocycles. The molecule has 4 nitrogen and oxygen atoms in total. The summed E-state index contributed by atoms with van der Waals surface area (Å²) in [5.41, 5.74) is 0.267. The van der Waals surface area contributed by atoms with Crippen LogP contribution in [0.15, 0.2) is 18.2 Å². The van der Waals surface area contributed by atoms with E-state index in [1.807, 2.05) is 27.7 Å². The number of piperidine rings is 1. The van der Waals surface area contributed by atoms with Gasteiger partial charge in [-0.3, -0.25) is 4.79 Å². The Morgan fingerprint density at radius 3 is 2.48 bits per heavy atom. The molecule has 1 aromatic rings. The fourth-order valence-electron chi connectivity index (χ4n) is 3.11. The molecule has 0 aliphatic carbocycles. The van der Waals surface area contributed by atoms with E-state index in [0.717, 1.165) is 5.46 Å². The van der Waals surface area contributed by atoms with Crippen molar-refractivity contribution in [2.45, 2.75) is 57.9 Å². The van der Waals surface area contributed by atoms with Gasteiger partial charge in [0, 0.05) is 6.54 Å².